The molecule has 1 heterocycles. The van der Waals surface area contributed by atoms with Crippen molar-refractivity contribution in [3.63, 3.8) is 0 Å². The zero-order valence-corrected chi connectivity index (χ0v) is 12.5. The van der Waals surface area contributed by atoms with Crippen molar-refractivity contribution >= 4 is 16.8 Å². The number of carbonyl (C=O) groups is 1. The largest absolute Gasteiger partial charge is 0.482 e. The van der Waals surface area contributed by atoms with Crippen LogP contribution < -0.4 is 10.4 Å². The van der Waals surface area contributed by atoms with Crippen molar-refractivity contribution in [2.24, 2.45) is 0 Å². The molecular formula is C17H18O4. The highest BCUT2D eigenvalue weighted by atomic mass is 16.5. The van der Waals surface area contributed by atoms with Gasteiger partial charge in [-0.05, 0) is 63.3 Å². The fourth-order valence-electron chi connectivity index (χ4n) is 2.87. The van der Waals surface area contributed by atoms with Crippen molar-refractivity contribution in [2.75, 3.05) is 0 Å². The molecule has 0 radical (unpaired) electrons. The summed E-state index contributed by atoms with van der Waals surface area (Å²) in [5, 5.41) is 0.848. The number of hydrogen-bond acceptors (Lipinski definition) is 4. The number of hydrogen-bond donors (Lipinski definition) is 0. The van der Waals surface area contributed by atoms with E-state index in [1.807, 2.05) is 19.1 Å². The van der Waals surface area contributed by atoms with E-state index in [1.54, 1.807) is 6.92 Å². The van der Waals surface area contributed by atoms with E-state index in [0.717, 1.165) is 41.3 Å². The van der Waals surface area contributed by atoms with E-state index in [0.29, 0.717) is 11.3 Å². The SMILES string of the molecule is CC(=O)[C@@H](C)Oc1cc(C)cc2oc(=O)c3c(c12)CCC3. The lowest BCUT2D eigenvalue weighted by atomic mass is 10.0. The number of aryl methyl sites for hydroxylation is 2. The minimum atomic E-state index is -0.515. The molecule has 1 aromatic carbocycles. The summed E-state index contributed by atoms with van der Waals surface area (Å²) in [7, 11) is 0. The molecule has 0 aliphatic heterocycles. The first-order valence-corrected chi connectivity index (χ1v) is 7.23. The van der Waals surface area contributed by atoms with Crippen LogP contribution in [0.3, 0.4) is 0 Å². The minimum absolute atomic E-state index is 0.0290. The first kappa shape index (κ1) is 13.9. The van der Waals surface area contributed by atoms with Crippen LogP contribution in [0, 0.1) is 6.92 Å². The lowest BCUT2D eigenvalue weighted by Crippen LogP contribution is -2.21. The van der Waals surface area contributed by atoms with E-state index in [9.17, 15) is 9.59 Å². The molecule has 1 aromatic heterocycles. The third-order valence-corrected chi connectivity index (χ3v) is 4.06. The summed E-state index contributed by atoms with van der Waals surface area (Å²) in [5.74, 6) is 0.605. The van der Waals surface area contributed by atoms with Gasteiger partial charge in [0.2, 0.25) is 0 Å². The standard InChI is InChI=1S/C17H18O4/c1-9-7-14(20-11(3)10(2)18)16-12-5-4-6-13(12)17(19)21-15(16)8-9/h7-8,11H,4-6H2,1-3H3/t11-/m1/s1. The number of fused-ring (bicyclic) bond motifs is 3. The highest BCUT2D eigenvalue weighted by Gasteiger charge is 2.23. The number of benzene rings is 1. The van der Waals surface area contributed by atoms with Crippen LogP contribution in [-0.2, 0) is 17.6 Å². The van der Waals surface area contributed by atoms with Gasteiger partial charge in [0.1, 0.15) is 11.3 Å². The maximum absolute atomic E-state index is 12.0. The molecule has 0 unspecified atom stereocenters. The number of ketones is 1. The molecule has 1 aliphatic carbocycles. The molecule has 1 atom stereocenters. The van der Waals surface area contributed by atoms with Gasteiger partial charge in [0.05, 0.1) is 5.39 Å². The first-order valence-electron chi connectivity index (χ1n) is 7.23. The Morgan fingerprint density at radius 3 is 2.71 bits per heavy atom. The zero-order valence-electron chi connectivity index (χ0n) is 12.5. The summed E-state index contributed by atoms with van der Waals surface area (Å²) in [4.78, 5) is 23.5. The van der Waals surface area contributed by atoms with E-state index in [4.69, 9.17) is 9.15 Å². The minimum Gasteiger partial charge on any atom is -0.482 e. The molecule has 1 aliphatic rings. The van der Waals surface area contributed by atoms with Crippen molar-refractivity contribution in [3.05, 3.63) is 39.2 Å². The summed E-state index contributed by atoms with van der Waals surface area (Å²) < 4.78 is 11.3. The Morgan fingerprint density at radius 1 is 1.29 bits per heavy atom. The third kappa shape index (κ3) is 2.35. The van der Waals surface area contributed by atoms with Crippen LogP contribution in [0.15, 0.2) is 21.3 Å². The fraction of sp³-hybridized carbons (Fsp3) is 0.412. The van der Waals surface area contributed by atoms with Gasteiger partial charge in [0.15, 0.2) is 11.9 Å². The molecule has 110 valence electrons. The Labute approximate surface area is 122 Å². The normalized spacial score (nSPS) is 15.0. The number of ether oxygens (including phenoxy) is 1. The molecule has 2 aromatic rings. The fourth-order valence-corrected chi connectivity index (χ4v) is 2.87. The molecule has 0 N–H and O–H groups in total. The van der Waals surface area contributed by atoms with Crippen molar-refractivity contribution in [3.8, 4) is 5.75 Å². The second kappa shape index (κ2) is 5.02. The molecule has 0 spiro atoms. The summed E-state index contributed by atoms with van der Waals surface area (Å²) >= 11 is 0. The lowest BCUT2D eigenvalue weighted by Gasteiger charge is -2.16. The summed E-state index contributed by atoms with van der Waals surface area (Å²) in [6.07, 6.45) is 2.04. The van der Waals surface area contributed by atoms with Crippen LogP contribution in [0.5, 0.6) is 5.75 Å². The molecule has 0 fully saturated rings. The molecule has 0 saturated carbocycles. The molecule has 21 heavy (non-hydrogen) atoms. The predicted octanol–water partition coefficient (Wildman–Crippen LogP) is 2.95. The van der Waals surface area contributed by atoms with E-state index in [1.165, 1.54) is 6.92 Å². The first-order chi connectivity index (χ1) is 9.97. The molecule has 4 nitrogen and oxygen atoms in total. The molecule has 0 bridgehead atoms. The second-order valence-electron chi connectivity index (χ2n) is 5.71. The number of rotatable bonds is 3. The van der Waals surface area contributed by atoms with Crippen molar-refractivity contribution in [1.29, 1.82) is 0 Å². The maximum atomic E-state index is 12.0. The molecule has 3 rings (SSSR count). The predicted molar refractivity (Wildman–Crippen MR) is 80.0 cm³/mol. The van der Waals surface area contributed by atoms with Crippen LogP contribution in [0.2, 0.25) is 0 Å². The van der Waals surface area contributed by atoms with Crippen LogP contribution >= 0.6 is 0 Å². The maximum Gasteiger partial charge on any atom is 0.339 e. The second-order valence-corrected chi connectivity index (χ2v) is 5.71. The van der Waals surface area contributed by atoms with Crippen LogP contribution in [0.25, 0.3) is 11.0 Å². The topological polar surface area (TPSA) is 56.5 Å². The highest BCUT2D eigenvalue weighted by Crippen LogP contribution is 2.35. The molecule has 0 amide bonds. The summed E-state index contributed by atoms with van der Waals surface area (Å²) in [6.45, 7) is 5.15. The van der Waals surface area contributed by atoms with E-state index in [2.05, 4.69) is 0 Å². The number of carbonyl (C=O) groups excluding carboxylic acids is 1. The third-order valence-electron chi connectivity index (χ3n) is 4.06. The average Bonchev–Trinajstić information content (AvgIpc) is 2.87. The summed E-state index contributed by atoms with van der Waals surface area (Å²) in [5.41, 5.74) is 3.02. The Bertz CT molecular complexity index is 785. The Balaban J connectivity index is 2.26. The Hall–Kier alpha value is -2.10. The van der Waals surface area contributed by atoms with Crippen molar-refractivity contribution in [1.82, 2.24) is 0 Å². The van der Waals surface area contributed by atoms with Gasteiger partial charge in [-0.3, -0.25) is 4.79 Å². The monoisotopic (exact) mass is 286 g/mol. The van der Waals surface area contributed by atoms with Gasteiger partial charge in [-0.25, -0.2) is 4.79 Å². The van der Waals surface area contributed by atoms with Gasteiger partial charge >= 0.3 is 5.63 Å². The van der Waals surface area contributed by atoms with Crippen LogP contribution in [-0.4, -0.2) is 11.9 Å². The van der Waals surface area contributed by atoms with E-state index in [-0.39, 0.29) is 11.4 Å². The van der Waals surface area contributed by atoms with Gasteiger partial charge in [-0.2, -0.15) is 0 Å². The Kier molecular flexibility index (Phi) is 3.32. The molecule has 0 saturated heterocycles. The lowest BCUT2D eigenvalue weighted by molar-refractivity contribution is -0.122. The molecule has 4 heteroatoms. The highest BCUT2D eigenvalue weighted by molar-refractivity contribution is 5.89. The van der Waals surface area contributed by atoms with Crippen molar-refractivity contribution < 1.29 is 13.9 Å². The molecular weight excluding hydrogens is 268 g/mol. The zero-order chi connectivity index (χ0) is 15.1. The van der Waals surface area contributed by atoms with E-state index < -0.39 is 6.10 Å². The van der Waals surface area contributed by atoms with Gasteiger partial charge < -0.3 is 9.15 Å². The quantitative estimate of drug-likeness (QED) is 0.814. The van der Waals surface area contributed by atoms with Crippen LogP contribution in [0.1, 0.15) is 37.0 Å². The van der Waals surface area contributed by atoms with Crippen molar-refractivity contribution in [2.45, 2.75) is 46.1 Å². The van der Waals surface area contributed by atoms with Gasteiger partial charge in [0, 0.05) is 5.56 Å². The van der Waals surface area contributed by atoms with Gasteiger partial charge in [-0.15, -0.1) is 0 Å². The smallest absolute Gasteiger partial charge is 0.339 e. The van der Waals surface area contributed by atoms with Gasteiger partial charge in [0.25, 0.3) is 0 Å². The van der Waals surface area contributed by atoms with E-state index >= 15 is 0 Å². The summed E-state index contributed by atoms with van der Waals surface area (Å²) in [6, 6.07) is 3.75. The van der Waals surface area contributed by atoms with Gasteiger partial charge in [-0.1, -0.05) is 0 Å². The average molecular weight is 286 g/mol. The number of Topliss-reactive ketones (excluding diaryl/α,β-unsaturated/α-hetero) is 1. The van der Waals surface area contributed by atoms with Crippen LogP contribution in [0.4, 0.5) is 0 Å². The Morgan fingerprint density at radius 2 is 2.00 bits per heavy atom.